The van der Waals surface area contributed by atoms with E-state index in [4.69, 9.17) is 14.9 Å². The van der Waals surface area contributed by atoms with Crippen LogP contribution in [-0.4, -0.2) is 38.8 Å². The zero-order chi connectivity index (χ0) is 17.6. The minimum Gasteiger partial charge on any atom is -0.481 e. The number of anilines is 1. The SMILES string of the molecule is CC(C)(C)OC(=O)Nc1cc(CC(CC(=O)O)C(=O)O)ccn1. The number of carbonyl (C=O) groups is 3. The number of amides is 1. The lowest BCUT2D eigenvalue weighted by atomic mass is 9.97. The number of hydrogen-bond donors (Lipinski definition) is 3. The van der Waals surface area contributed by atoms with Gasteiger partial charge in [-0.1, -0.05) is 0 Å². The summed E-state index contributed by atoms with van der Waals surface area (Å²) in [5.41, 5.74) is -0.0999. The third kappa shape index (κ3) is 7.25. The summed E-state index contributed by atoms with van der Waals surface area (Å²) >= 11 is 0. The van der Waals surface area contributed by atoms with Crippen LogP contribution in [0.3, 0.4) is 0 Å². The van der Waals surface area contributed by atoms with Crippen molar-refractivity contribution in [1.82, 2.24) is 4.98 Å². The van der Waals surface area contributed by atoms with Gasteiger partial charge in [0.1, 0.15) is 11.4 Å². The molecule has 1 unspecified atom stereocenters. The van der Waals surface area contributed by atoms with Gasteiger partial charge < -0.3 is 14.9 Å². The molecule has 1 atom stereocenters. The van der Waals surface area contributed by atoms with Crippen molar-refractivity contribution >= 4 is 23.8 Å². The first kappa shape index (κ1) is 18.4. The minimum absolute atomic E-state index is 0.0210. The first-order valence-electron chi connectivity index (χ1n) is 6.96. The van der Waals surface area contributed by atoms with Gasteiger partial charge >= 0.3 is 18.0 Å². The van der Waals surface area contributed by atoms with Gasteiger partial charge in [-0.05, 0) is 44.9 Å². The van der Waals surface area contributed by atoms with Crippen molar-refractivity contribution in [3.63, 3.8) is 0 Å². The second-order valence-electron chi connectivity index (χ2n) is 6.01. The molecule has 1 rings (SSSR count). The van der Waals surface area contributed by atoms with Crippen LogP contribution in [0.25, 0.3) is 0 Å². The number of nitrogens with one attached hydrogen (secondary N) is 1. The van der Waals surface area contributed by atoms with Crippen molar-refractivity contribution in [2.75, 3.05) is 5.32 Å². The highest BCUT2D eigenvalue weighted by Crippen LogP contribution is 2.16. The maximum Gasteiger partial charge on any atom is 0.413 e. The summed E-state index contributed by atoms with van der Waals surface area (Å²) in [6.45, 7) is 5.17. The van der Waals surface area contributed by atoms with Gasteiger partial charge in [0.2, 0.25) is 0 Å². The fraction of sp³-hybridized carbons (Fsp3) is 0.467. The summed E-state index contributed by atoms with van der Waals surface area (Å²) in [5.74, 6) is -3.22. The molecule has 0 saturated carbocycles. The van der Waals surface area contributed by atoms with Crippen molar-refractivity contribution in [3.8, 4) is 0 Å². The molecular weight excluding hydrogens is 304 g/mol. The highest BCUT2D eigenvalue weighted by Gasteiger charge is 2.22. The van der Waals surface area contributed by atoms with Crippen LogP contribution in [0.1, 0.15) is 32.8 Å². The smallest absolute Gasteiger partial charge is 0.413 e. The topological polar surface area (TPSA) is 126 Å². The van der Waals surface area contributed by atoms with Crippen LogP contribution in [0.15, 0.2) is 18.3 Å². The molecule has 0 spiro atoms. The summed E-state index contributed by atoms with van der Waals surface area (Å²) in [6, 6.07) is 3.06. The van der Waals surface area contributed by atoms with E-state index in [2.05, 4.69) is 10.3 Å². The molecule has 0 saturated heterocycles. The molecule has 8 nitrogen and oxygen atoms in total. The molecule has 126 valence electrons. The van der Waals surface area contributed by atoms with Crippen molar-refractivity contribution in [3.05, 3.63) is 23.9 Å². The predicted octanol–water partition coefficient (Wildman–Crippen LogP) is 2.15. The average Bonchev–Trinajstić information content (AvgIpc) is 2.35. The fourth-order valence-electron chi connectivity index (χ4n) is 1.82. The summed E-state index contributed by atoms with van der Waals surface area (Å²) in [4.78, 5) is 37.4. The van der Waals surface area contributed by atoms with E-state index in [1.165, 1.54) is 12.3 Å². The number of carboxylic acid groups (broad SMARTS) is 2. The van der Waals surface area contributed by atoms with Crippen LogP contribution in [0, 0.1) is 5.92 Å². The van der Waals surface area contributed by atoms with Crippen LogP contribution in [0.2, 0.25) is 0 Å². The van der Waals surface area contributed by atoms with Crippen molar-refractivity contribution < 1.29 is 29.3 Å². The first-order chi connectivity index (χ1) is 10.6. The zero-order valence-corrected chi connectivity index (χ0v) is 13.2. The zero-order valence-electron chi connectivity index (χ0n) is 13.2. The number of carboxylic acids is 2. The predicted molar refractivity (Wildman–Crippen MR) is 81.2 cm³/mol. The standard InChI is InChI=1S/C15H20N2O6/c1-15(2,3)23-14(22)17-11-7-9(4-5-16-11)6-10(13(20)21)8-12(18)19/h4-5,7,10H,6,8H2,1-3H3,(H,18,19)(H,20,21)(H,16,17,22). The Balaban J connectivity index is 2.78. The molecule has 0 aliphatic carbocycles. The third-order valence-corrected chi connectivity index (χ3v) is 2.71. The van der Waals surface area contributed by atoms with Crippen molar-refractivity contribution in [1.29, 1.82) is 0 Å². The maximum absolute atomic E-state index is 11.7. The first-order valence-corrected chi connectivity index (χ1v) is 6.96. The Labute approximate surface area is 133 Å². The Morgan fingerprint density at radius 1 is 1.30 bits per heavy atom. The molecule has 1 amide bonds. The molecule has 1 heterocycles. The van der Waals surface area contributed by atoms with Crippen LogP contribution in [0.4, 0.5) is 10.6 Å². The van der Waals surface area contributed by atoms with Crippen molar-refractivity contribution in [2.45, 2.75) is 39.2 Å². The number of pyridine rings is 1. The second kappa shape index (κ2) is 7.57. The molecule has 0 aliphatic heterocycles. The minimum atomic E-state index is -1.19. The second-order valence-corrected chi connectivity index (χ2v) is 6.01. The van der Waals surface area contributed by atoms with Gasteiger partial charge in [0, 0.05) is 6.20 Å². The van der Waals surface area contributed by atoms with E-state index >= 15 is 0 Å². The summed E-state index contributed by atoms with van der Waals surface area (Å²) in [6.07, 6.45) is 0.268. The molecule has 1 aromatic rings. The van der Waals surface area contributed by atoms with E-state index in [1.54, 1.807) is 26.8 Å². The summed E-state index contributed by atoms with van der Waals surface area (Å²) in [7, 11) is 0. The number of rotatable bonds is 6. The number of nitrogens with zero attached hydrogens (tertiary/aromatic N) is 1. The van der Waals surface area contributed by atoms with E-state index < -0.39 is 36.0 Å². The molecule has 0 aromatic carbocycles. The van der Waals surface area contributed by atoms with Gasteiger partial charge in [-0.15, -0.1) is 0 Å². The van der Waals surface area contributed by atoms with Gasteiger partial charge in [0.05, 0.1) is 12.3 Å². The molecule has 3 N–H and O–H groups in total. The van der Waals surface area contributed by atoms with Gasteiger partial charge in [-0.2, -0.15) is 0 Å². The quantitative estimate of drug-likeness (QED) is 0.731. The molecule has 0 aliphatic rings. The number of ether oxygens (including phenoxy) is 1. The van der Waals surface area contributed by atoms with E-state index in [9.17, 15) is 14.4 Å². The highest BCUT2D eigenvalue weighted by molar-refractivity contribution is 5.83. The monoisotopic (exact) mass is 324 g/mol. The molecule has 0 bridgehead atoms. The van der Waals surface area contributed by atoms with Gasteiger partial charge in [0.25, 0.3) is 0 Å². The van der Waals surface area contributed by atoms with E-state index in [0.717, 1.165) is 0 Å². The Bertz CT molecular complexity index is 594. The average molecular weight is 324 g/mol. The summed E-state index contributed by atoms with van der Waals surface area (Å²) < 4.78 is 5.09. The van der Waals surface area contributed by atoms with Crippen LogP contribution >= 0.6 is 0 Å². The largest absolute Gasteiger partial charge is 0.481 e. The van der Waals surface area contributed by atoms with Gasteiger partial charge in [0.15, 0.2) is 0 Å². The number of carbonyl (C=O) groups excluding carboxylic acids is 1. The van der Waals surface area contributed by atoms with Crippen LogP contribution < -0.4 is 5.32 Å². The normalized spacial score (nSPS) is 12.3. The third-order valence-electron chi connectivity index (χ3n) is 2.71. The van der Waals surface area contributed by atoms with Gasteiger partial charge in [-0.3, -0.25) is 14.9 Å². The highest BCUT2D eigenvalue weighted by atomic mass is 16.6. The number of aliphatic carboxylic acids is 2. The number of hydrogen-bond acceptors (Lipinski definition) is 5. The van der Waals surface area contributed by atoms with Gasteiger partial charge in [-0.25, -0.2) is 9.78 Å². The van der Waals surface area contributed by atoms with Crippen LogP contribution in [0.5, 0.6) is 0 Å². The Kier molecular flexibility index (Phi) is 6.06. The molecule has 23 heavy (non-hydrogen) atoms. The number of aromatic nitrogens is 1. The lowest BCUT2D eigenvalue weighted by molar-refractivity contribution is -0.148. The fourth-order valence-corrected chi connectivity index (χ4v) is 1.82. The maximum atomic E-state index is 11.7. The lowest BCUT2D eigenvalue weighted by Crippen LogP contribution is -2.27. The molecular formula is C15H20N2O6. The van der Waals surface area contributed by atoms with Crippen molar-refractivity contribution in [2.24, 2.45) is 5.92 Å². The summed E-state index contributed by atoms with van der Waals surface area (Å²) in [5, 5.41) is 20.2. The Morgan fingerprint density at radius 2 is 1.96 bits per heavy atom. The molecule has 8 heteroatoms. The van der Waals surface area contributed by atoms with Crippen LogP contribution in [-0.2, 0) is 20.7 Å². The lowest BCUT2D eigenvalue weighted by Gasteiger charge is -2.19. The molecule has 0 fully saturated rings. The Hall–Kier alpha value is -2.64. The molecule has 1 aromatic heterocycles. The Morgan fingerprint density at radius 3 is 2.48 bits per heavy atom. The molecule has 0 radical (unpaired) electrons. The van der Waals surface area contributed by atoms with E-state index in [0.29, 0.717) is 5.56 Å². The van der Waals surface area contributed by atoms with E-state index in [-0.39, 0.29) is 12.2 Å². The van der Waals surface area contributed by atoms with E-state index in [1.807, 2.05) is 0 Å².